The van der Waals surface area contributed by atoms with Crippen molar-refractivity contribution < 1.29 is 28.5 Å². The van der Waals surface area contributed by atoms with Gasteiger partial charge >= 0.3 is 5.97 Å². The zero-order valence-corrected chi connectivity index (χ0v) is 19.0. The first-order valence-electron chi connectivity index (χ1n) is 10.5. The number of piperidine rings is 1. The number of likely N-dealkylation sites (tertiary alicyclic amines) is 1. The van der Waals surface area contributed by atoms with E-state index in [1.54, 1.807) is 13.2 Å². The van der Waals surface area contributed by atoms with Crippen LogP contribution in [-0.4, -0.2) is 58.3 Å². The number of hydrogen-bond acceptors (Lipinski definition) is 7. The summed E-state index contributed by atoms with van der Waals surface area (Å²) >= 11 is 0. The maximum atomic E-state index is 13.0. The molecule has 0 spiro atoms. The maximum Gasteiger partial charge on any atom is 0.340 e. The number of ether oxygens (including phenoxy) is 4. The van der Waals surface area contributed by atoms with Gasteiger partial charge < -0.3 is 24.3 Å². The van der Waals surface area contributed by atoms with Gasteiger partial charge in [0, 0.05) is 24.6 Å². The Morgan fingerprint density at radius 2 is 1.66 bits per heavy atom. The molecule has 1 heterocycles. The van der Waals surface area contributed by atoms with Crippen molar-refractivity contribution in [2.24, 2.45) is 5.92 Å². The van der Waals surface area contributed by atoms with Gasteiger partial charge in [-0.15, -0.1) is 0 Å². The van der Waals surface area contributed by atoms with Gasteiger partial charge in [-0.05, 0) is 43.6 Å². The lowest BCUT2D eigenvalue weighted by molar-refractivity contribution is -0.121. The van der Waals surface area contributed by atoms with Crippen molar-refractivity contribution in [1.82, 2.24) is 4.90 Å². The molecule has 0 atom stereocenters. The molecule has 0 unspecified atom stereocenters. The molecule has 1 amide bonds. The molecule has 1 aliphatic heterocycles. The Hall–Kier alpha value is -3.26. The Morgan fingerprint density at radius 1 is 0.969 bits per heavy atom. The summed E-state index contributed by atoms with van der Waals surface area (Å²) in [7, 11) is 5.94. The molecule has 2 aromatic carbocycles. The Balaban J connectivity index is 1.65. The standard InChI is InChI=1S/C24H30N2O6/c1-29-18-7-5-6-16(12-18)15-26-10-8-17(9-11-26)23(27)25-20-14-22(31-3)21(30-2)13-19(20)24(28)32-4/h5-7,12-14,17H,8-11,15H2,1-4H3,(H,25,27). The SMILES string of the molecule is COC(=O)c1cc(OC)c(OC)cc1NC(=O)C1CCN(Cc2cccc(OC)c2)CC1. The van der Waals surface area contributed by atoms with Crippen LogP contribution in [0.4, 0.5) is 5.69 Å². The van der Waals surface area contributed by atoms with E-state index >= 15 is 0 Å². The van der Waals surface area contributed by atoms with Gasteiger partial charge in [0.15, 0.2) is 11.5 Å². The summed E-state index contributed by atoms with van der Waals surface area (Å²) in [6, 6.07) is 11.1. The molecule has 8 heteroatoms. The molecule has 2 aromatic rings. The van der Waals surface area contributed by atoms with Crippen LogP contribution in [0.1, 0.15) is 28.8 Å². The lowest BCUT2D eigenvalue weighted by atomic mass is 9.95. The van der Waals surface area contributed by atoms with Gasteiger partial charge in [0.25, 0.3) is 0 Å². The van der Waals surface area contributed by atoms with Gasteiger partial charge in [-0.1, -0.05) is 12.1 Å². The highest BCUT2D eigenvalue weighted by Gasteiger charge is 2.27. The van der Waals surface area contributed by atoms with Crippen LogP contribution in [0.3, 0.4) is 0 Å². The molecule has 0 radical (unpaired) electrons. The molecular formula is C24H30N2O6. The molecular weight excluding hydrogens is 412 g/mol. The third kappa shape index (κ3) is 5.50. The first kappa shape index (κ1) is 23.4. The number of hydrogen-bond donors (Lipinski definition) is 1. The lowest BCUT2D eigenvalue weighted by Gasteiger charge is -2.31. The van der Waals surface area contributed by atoms with E-state index < -0.39 is 5.97 Å². The van der Waals surface area contributed by atoms with Gasteiger partial charge in [-0.25, -0.2) is 4.79 Å². The Morgan fingerprint density at radius 3 is 2.28 bits per heavy atom. The molecule has 1 aliphatic rings. The van der Waals surface area contributed by atoms with Crippen LogP contribution in [-0.2, 0) is 16.1 Å². The smallest absolute Gasteiger partial charge is 0.340 e. The van der Waals surface area contributed by atoms with Crippen LogP contribution in [0.15, 0.2) is 36.4 Å². The van der Waals surface area contributed by atoms with Crippen molar-refractivity contribution in [2.75, 3.05) is 46.8 Å². The minimum absolute atomic E-state index is 0.122. The largest absolute Gasteiger partial charge is 0.497 e. The maximum absolute atomic E-state index is 13.0. The molecule has 0 aliphatic carbocycles. The number of carbonyl (C=O) groups excluding carboxylic acids is 2. The van der Waals surface area contributed by atoms with E-state index in [2.05, 4.69) is 16.3 Å². The second kappa shape index (κ2) is 10.9. The molecule has 8 nitrogen and oxygen atoms in total. The van der Waals surface area contributed by atoms with Gasteiger partial charge in [0.1, 0.15) is 5.75 Å². The molecule has 1 saturated heterocycles. The van der Waals surface area contributed by atoms with Gasteiger partial charge in [-0.3, -0.25) is 9.69 Å². The van der Waals surface area contributed by atoms with Crippen LogP contribution in [0.2, 0.25) is 0 Å². The highest BCUT2D eigenvalue weighted by atomic mass is 16.5. The second-order valence-electron chi connectivity index (χ2n) is 7.64. The molecule has 172 valence electrons. The summed E-state index contributed by atoms with van der Waals surface area (Å²) in [5, 5.41) is 2.89. The van der Waals surface area contributed by atoms with Gasteiger partial charge in [0.05, 0.1) is 39.7 Å². The predicted molar refractivity (Wildman–Crippen MR) is 121 cm³/mol. The van der Waals surface area contributed by atoms with Crippen LogP contribution in [0.25, 0.3) is 0 Å². The quantitative estimate of drug-likeness (QED) is 0.628. The van der Waals surface area contributed by atoms with E-state index in [0.29, 0.717) is 17.2 Å². The number of anilines is 1. The van der Waals surface area contributed by atoms with E-state index in [-0.39, 0.29) is 17.4 Å². The van der Waals surface area contributed by atoms with Gasteiger partial charge in [-0.2, -0.15) is 0 Å². The van der Waals surface area contributed by atoms with Crippen molar-refractivity contribution in [1.29, 1.82) is 0 Å². The lowest BCUT2D eigenvalue weighted by Crippen LogP contribution is -2.38. The average molecular weight is 443 g/mol. The third-order valence-corrected chi connectivity index (χ3v) is 5.69. The second-order valence-corrected chi connectivity index (χ2v) is 7.64. The molecule has 3 rings (SSSR count). The Labute approximate surface area is 188 Å². The highest BCUT2D eigenvalue weighted by molar-refractivity contribution is 6.02. The van der Waals surface area contributed by atoms with E-state index in [1.165, 1.54) is 33.0 Å². The summed E-state index contributed by atoms with van der Waals surface area (Å²) in [6.45, 7) is 2.43. The molecule has 1 fully saturated rings. The van der Waals surface area contributed by atoms with Crippen molar-refractivity contribution in [3.05, 3.63) is 47.5 Å². The highest BCUT2D eigenvalue weighted by Crippen LogP contribution is 2.34. The number of nitrogens with one attached hydrogen (secondary N) is 1. The first-order chi connectivity index (χ1) is 15.5. The fourth-order valence-electron chi connectivity index (χ4n) is 3.88. The molecule has 0 aromatic heterocycles. The molecule has 32 heavy (non-hydrogen) atoms. The normalized spacial score (nSPS) is 14.5. The molecule has 0 saturated carbocycles. The van der Waals surface area contributed by atoms with E-state index in [9.17, 15) is 9.59 Å². The summed E-state index contributed by atoms with van der Waals surface area (Å²) in [5.74, 6) is 0.821. The van der Waals surface area contributed by atoms with Crippen LogP contribution in [0, 0.1) is 5.92 Å². The van der Waals surface area contributed by atoms with Crippen LogP contribution >= 0.6 is 0 Å². The van der Waals surface area contributed by atoms with Crippen LogP contribution < -0.4 is 19.5 Å². The van der Waals surface area contributed by atoms with Crippen molar-refractivity contribution in [2.45, 2.75) is 19.4 Å². The number of amides is 1. The number of nitrogens with zero attached hydrogens (tertiary/aromatic N) is 1. The summed E-state index contributed by atoms with van der Waals surface area (Å²) in [4.78, 5) is 27.5. The number of rotatable bonds is 8. The zero-order valence-electron chi connectivity index (χ0n) is 19.0. The fourth-order valence-corrected chi connectivity index (χ4v) is 3.88. The first-order valence-corrected chi connectivity index (χ1v) is 10.5. The summed E-state index contributed by atoms with van der Waals surface area (Å²) in [5.41, 5.74) is 1.74. The monoisotopic (exact) mass is 442 g/mol. The Kier molecular flexibility index (Phi) is 7.94. The molecule has 1 N–H and O–H groups in total. The van der Waals surface area contributed by atoms with E-state index in [1.807, 2.05) is 18.2 Å². The van der Waals surface area contributed by atoms with E-state index in [4.69, 9.17) is 18.9 Å². The number of carbonyl (C=O) groups is 2. The van der Waals surface area contributed by atoms with E-state index in [0.717, 1.165) is 38.2 Å². The summed E-state index contributed by atoms with van der Waals surface area (Å²) in [6.07, 6.45) is 1.47. The average Bonchev–Trinajstić information content (AvgIpc) is 2.83. The number of esters is 1. The topological polar surface area (TPSA) is 86.3 Å². The fraction of sp³-hybridized carbons (Fsp3) is 0.417. The van der Waals surface area contributed by atoms with Crippen molar-refractivity contribution in [3.63, 3.8) is 0 Å². The third-order valence-electron chi connectivity index (χ3n) is 5.69. The zero-order chi connectivity index (χ0) is 23.1. The minimum Gasteiger partial charge on any atom is -0.497 e. The van der Waals surface area contributed by atoms with Gasteiger partial charge in [0.2, 0.25) is 5.91 Å². The Bertz CT molecular complexity index is 954. The van der Waals surface area contributed by atoms with Crippen molar-refractivity contribution in [3.8, 4) is 17.2 Å². The van der Waals surface area contributed by atoms with Crippen LogP contribution in [0.5, 0.6) is 17.2 Å². The molecule has 0 bridgehead atoms. The number of methoxy groups -OCH3 is 4. The minimum atomic E-state index is -0.561. The predicted octanol–water partition coefficient (Wildman–Crippen LogP) is 3.35. The van der Waals surface area contributed by atoms with Crippen molar-refractivity contribution >= 4 is 17.6 Å². The summed E-state index contributed by atoms with van der Waals surface area (Å²) < 4.78 is 20.7. The number of benzene rings is 2.